The predicted octanol–water partition coefficient (Wildman–Crippen LogP) is 4.01. The number of carbonyl (C=O) groups excluding carboxylic acids is 2. The summed E-state index contributed by atoms with van der Waals surface area (Å²) in [6.07, 6.45) is 1.71. The lowest BCUT2D eigenvalue weighted by molar-refractivity contribution is -0.144. The van der Waals surface area contributed by atoms with Gasteiger partial charge in [0, 0.05) is 33.6 Å². The number of ketones is 1. The molecule has 0 spiro atoms. The average molecular weight is 405 g/mol. The topological polar surface area (TPSA) is 70.4 Å². The molecule has 6 nitrogen and oxygen atoms in total. The summed E-state index contributed by atoms with van der Waals surface area (Å²) < 4.78 is 12.2. The monoisotopic (exact) mass is 404 g/mol. The fraction of sp³-hybridized carbons (Fsp3) is 0.211. The molecule has 0 radical (unpaired) electrons. The fourth-order valence-electron chi connectivity index (χ4n) is 2.63. The zero-order valence-corrected chi connectivity index (χ0v) is 16.3. The molecule has 3 rings (SSSR count). The Morgan fingerprint density at radius 3 is 2.74 bits per heavy atom. The molecule has 0 N–H and O–H groups in total. The number of hydrogen-bond acceptors (Lipinski definition) is 6. The van der Waals surface area contributed by atoms with E-state index in [2.05, 4.69) is 4.98 Å². The molecule has 0 fully saturated rings. The average Bonchev–Trinajstić information content (AvgIpc) is 3.25. The molecular formula is C19H17ClN2O4S. The largest absolute Gasteiger partial charge is 0.482 e. The van der Waals surface area contributed by atoms with Crippen molar-refractivity contribution in [3.63, 3.8) is 0 Å². The van der Waals surface area contributed by atoms with Crippen LogP contribution in [0, 0.1) is 13.8 Å². The first-order valence-electron chi connectivity index (χ1n) is 8.11. The van der Waals surface area contributed by atoms with Crippen molar-refractivity contribution >= 4 is 34.7 Å². The minimum atomic E-state index is -0.628. The maximum Gasteiger partial charge on any atom is 0.344 e. The van der Waals surface area contributed by atoms with Crippen molar-refractivity contribution in [2.75, 3.05) is 13.2 Å². The highest BCUT2D eigenvalue weighted by molar-refractivity contribution is 7.12. The van der Waals surface area contributed by atoms with Gasteiger partial charge in [-0.05, 0) is 38.1 Å². The summed E-state index contributed by atoms with van der Waals surface area (Å²) in [5.41, 5.74) is 2.16. The lowest BCUT2D eigenvalue weighted by atomic mass is 10.1. The van der Waals surface area contributed by atoms with E-state index in [1.165, 1.54) is 11.3 Å². The van der Waals surface area contributed by atoms with E-state index in [0.29, 0.717) is 16.3 Å². The van der Waals surface area contributed by atoms with Gasteiger partial charge in [0.15, 0.2) is 18.3 Å². The Labute approximate surface area is 165 Å². The fourth-order valence-corrected chi connectivity index (χ4v) is 3.56. The van der Waals surface area contributed by atoms with E-state index in [-0.39, 0.29) is 19.0 Å². The summed E-state index contributed by atoms with van der Waals surface area (Å²) in [5.74, 6) is -0.447. The number of thiazole rings is 1. The second-order valence-corrected chi connectivity index (χ2v) is 7.07. The van der Waals surface area contributed by atoms with E-state index in [0.717, 1.165) is 16.5 Å². The molecular weight excluding hydrogens is 388 g/mol. The van der Waals surface area contributed by atoms with Gasteiger partial charge in [0.25, 0.3) is 0 Å². The highest BCUT2D eigenvalue weighted by atomic mass is 35.5. The summed E-state index contributed by atoms with van der Waals surface area (Å²) in [6, 6.07) is 8.46. The Morgan fingerprint density at radius 1 is 1.22 bits per heavy atom. The van der Waals surface area contributed by atoms with Crippen molar-refractivity contribution in [3.8, 4) is 10.9 Å². The summed E-state index contributed by atoms with van der Waals surface area (Å²) in [4.78, 5) is 28.6. The van der Waals surface area contributed by atoms with Crippen LogP contribution in [0.1, 0.15) is 21.7 Å². The lowest BCUT2D eigenvalue weighted by Gasteiger charge is -2.07. The molecule has 0 atom stereocenters. The second-order valence-electron chi connectivity index (χ2n) is 5.76. The van der Waals surface area contributed by atoms with E-state index in [9.17, 15) is 9.59 Å². The van der Waals surface area contributed by atoms with Crippen LogP contribution in [0.2, 0.25) is 5.02 Å². The molecule has 0 amide bonds. The number of benzene rings is 1. The lowest BCUT2D eigenvalue weighted by Crippen LogP contribution is -2.19. The van der Waals surface area contributed by atoms with Crippen LogP contribution in [-0.4, -0.2) is 34.5 Å². The van der Waals surface area contributed by atoms with Crippen LogP contribution < -0.4 is 4.74 Å². The number of hydrogen-bond donors (Lipinski definition) is 0. The number of aryl methyl sites for hydroxylation is 1. The Hall–Kier alpha value is -2.64. The predicted molar refractivity (Wildman–Crippen MR) is 103 cm³/mol. The second kappa shape index (κ2) is 8.37. The summed E-state index contributed by atoms with van der Waals surface area (Å²) in [7, 11) is 0. The number of ether oxygens (including phenoxy) is 2. The van der Waals surface area contributed by atoms with Gasteiger partial charge in [-0.2, -0.15) is 0 Å². The number of carbonyl (C=O) groups is 2. The van der Waals surface area contributed by atoms with E-state index in [1.54, 1.807) is 36.5 Å². The number of aromatic nitrogens is 2. The van der Waals surface area contributed by atoms with Crippen LogP contribution in [0.15, 0.2) is 41.9 Å². The zero-order valence-electron chi connectivity index (χ0n) is 14.8. The van der Waals surface area contributed by atoms with Crippen molar-refractivity contribution in [1.29, 1.82) is 0 Å². The minimum Gasteiger partial charge on any atom is -0.482 e. The number of esters is 1. The van der Waals surface area contributed by atoms with Gasteiger partial charge in [-0.3, -0.25) is 9.36 Å². The third-order valence-electron chi connectivity index (χ3n) is 3.86. The van der Waals surface area contributed by atoms with Crippen LogP contribution in [0.25, 0.3) is 5.13 Å². The Morgan fingerprint density at radius 2 is 2.04 bits per heavy atom. The molecule has 1 aromatic carbocycles. The number of rotatable bonds is 7. The molecule has 0 saturated carbocycles. The van der Waals surface area contributed by atoms with Crippen LogP contribution in [0.3, 0.4) is 0 Å². The maximum absolute atomic E-state index is 12.5. The van der Waals surface area contributed by atoms with Gasteiger partial charge < -0.3 is 9.47 Å². The molecule has 0 aliphatic rings. The Kier molecular flexibility index (Phi) is 5.93. The molecule has 3 aromatic rings. The van der Waals surface area contributed by atoms with Crippen molar-refractivity contribution < 1.29 is 19.1 Å². The zero-order chi connectivity index (χ0) is 19.4. The molecule has 8 heteroatoms. The SMILES string of the molecule is Cc1cc(C(=O)COC(=O)COc2cccc(Cl)c2)c(C)n1-c1nccs1. The van der Waals surface area contributed by atoms with Crippen molar-refractivity contribution in [3.05, 3.63) is 63.9 Å². The van der Waals surface area contributed by atoms with Crippen LogP contribution >= 0.6 is 22.9 Å². The summed E-state index contributed by atoms with van der Waals surface area (Å²) in [5, 5.41) is 3.17. The Bertz CT molecular complexity index is 966. The van der Waals surface area contributed by atoms with Gasteiger partial charge in [0.2, 0.25) is 5.78 Å². The molecule has 0 unspecified atom stereocenters. The molecule has 0 aliphatic heterocycles. The molecule has 2 aromatic heterocycles. The molecule has 0 aliphatic carbocycles. The molecule has 140 valence electrons. The van der Waals surface area contributed by atoms with Gasteiger partial charge in [-0.15, -0.1) is 11.3 Å². The van der Waals surface area contributed by atoms with E-state index in [1.807, 2.05) is 23.8 Å². The third-order valence-corrected chi connectivity index (χ3v) is 4.85. The van der Waals surface area contributed by atoms with Gasteiger partial charge >= 0.3 is 5.97 Å². The number of halogens is 1. The van der Waals surface area contributed by atoms with E-state index < -0.39 is 5.97 Å². The third kappa shape index (κ3) is 4.56. The minimum absolute atomic E-state index is 0.276. The van der Waals surface area contributed by atoms with Gasteiger partial charge in [0.1, 0.15) is 5.75 Å². The number of nitrogens with zero attached hydrogens (tertiary/aromatic N) is 2. The van der Waals surface area contributed by atoms with Crippen LogP contribution in [-0.2, 0) is 9.53 Å². The summed E-state index contributed by atoms with van der Waals surface area (Å²) in [6.45, 7) is 3.09. The molecule has 27 heavy (non-hydrogen) atoms. The standard InChI is InChI=1S/C19H17ClN2O4S/c1-12-8-16(13(2)22(12)19-21-6-7-27-19)17(23)10-26-18(24)11-25-15-5-3-4-14(20)9-15/h3-9H,10-11H2,1-2H3. The first-order chi connectivity index (χ1) is 13.0. The highest BCUT2D eigenvalue weighted by Crippen LogP contribution is 2.22. The first-order valence-corrected chi connectivity index (χ1v) is 9.37. The van der Waals surface area contributed by atoms with Gasteiger partial charge in [0.05, 0.1) is 0 Å². The van der Waals surface area contributed by atoms with Gasteiger partial charge in [-0.1, -0.05) is 17.7 Å². The number of Topliss-reactive ketones (excluding diaryl/α,β-unsaturated/α-hetero) is 1. The van der Waals surface area contributed by atoms with Crippen molar-refractivity contribution in [1.82, 2.24) is 9.55 Å². The quantitative estimate of drug-likeness (QED) is 0.439. The van der Waals surface area contributed by atoms with Crippen molar-refractivity contribution in [2.45, 2.75) is 13.8 Å². The molecule has 0 saturated heterocycles. The highest BCUT2D eigenvalue weighted by Gasteiger charge is 2.19. The smallest absolute Gasteiger partial charge is 0.344 e. The maximum atomic E-state index is 12.5. The van der Waals surface area contributed by atoms with E-state index >= 15 is 0 Å². The van der Waals surface area contributed by atoms with Crippen LogP contribution in [0.5, 0.6) is 5.75 Å². The molecule has 0 bridgehead atoms. The Balaban J connectivity index is 1.58. The van der Waals surface area contributed by atoms with Crippen molar-refractivity contribution in [2.24, 2.45) is 0 Å². The molecule has 2 heterocycles. The van der Waals surface area contributed by atoms with Crippen LogP contribution in [0.4, 0.5) is 0 Å². The van der Waals surface area contributed by atoms with E-state index in [4.69, 9.17) is 21.1 Å². The first kappa shape index (κ1) is 19.1. The van der Waals surface area contributed by atoms with Gasteiger partial charge in [-0.25, -0.2) is 9.78 Å². The summed E-state index contributed by atoms with van der Waals surface area (Å²) >= 11 is 7.33. The normalized spacial score (nSPS) is 10.6.